The summed E-state index contributed by atoms with van der Waals surface area (Å²) >= 11 is 0. The fraction of sp³-hybridized carbons (Fsp3) is 0.667. The van der Waals surface area contributed by atoms with E-state index in [1.165, 1.54) is 11.9 Å². The molecule has 0 atom stereocenters. The molecule has 5 heteroatoms. The molecule has 0 unspecified atom stereocenters. The molecule has 1 fully saturated rings. The molecule has 0 heterocycles. The largest absolute Gasteiger partial charge is 0.465 e. The van der Waals surface area contributed by atoms with E-state index in [1.807, 2.05) is 0 Å². The molecule has 0 aliphatic heterocycles. The zero-order valence-electron chi connectivity index (χ0n) is 7.96. The van der Waals surface area contributed by atoms with Gasteiger partial charge in [-0.15, -0.1) is 0 Å². The van der Waals surface area contributed by atoms with Crippen LogP contribution in [0.25, 0.3) is 0 Å². The summed E-state index contributed by atoms with van der Waals surface area (Å²) in [5, 5.41) is 8.68. The molecule has 3 nitrogen and oxygen atoms in total. The van der Waals surface area contributed by atoms with Gasteiger partial charge in [0.15, 0.2) is 0 Å². The van der Waals surface area contributed by atoms with Gasteiger partial charge in [0.2, 0.25) is 0 Å². The molecule has 80 valence electrons. The molecule has 0 saturated heterocycles. The molecule has 14 heavy (non-hydrogen) atoms. The van der Waals surface area contributed by atoms with Gasteiger partial charge in [0.05, 0.1) is 0 Å². The molecule has 0 radical (unpaired) electrons. The fourth-order valence-corrected chi connectivity index (χ4v) is 1.68. The highest BCUT2D eigenvalue weighted by Crippen LogP contribution is 2.29. The summed E-state index contributed by atoms with van der Waals surface area (Å²) in [6.07, 6.45) is -0.982. The molecule has 1 amide bonds. The maximum Gasteiger partial charge on any atom is 0.407 e. The molecule has 1 rings (SSSR count). The van der Waals surface area contributed by atoms with Crippen molar-refractivity contribution in [1.82, 2.24) is 4.90 Å². The molecule has 1 aliphatic carbocycles. The van der Waals surface area contributed by atoms with Gasteiger partial charge in [0.1, 0.15) is 0 Å². The second-order valence-corrected chi connectivity index (χ2v) is 3.49. The zero-order valence-corrected chi connectivity index (χ0v) is 7.96. The van der Waals surface area contributed by atoms with Gasteiger partial charge in [0.25, 0.3) is 6.08 Å². The predicted molar refractivity (Wildman–Crippen MR) is 47.3 cm³/mol. The number of hydrogen-bond acceptors (Lipinski definition) is 1. The summed E-state index contributed by atoms with van der Waals surface area (Å²) in [7, 11) is 1.48. The van der Waals surface area contributed by atoms with Gasteiger partial charge in [-0.1, -0.05) is 0 Å². The molecule has 0 aromatic rings. The second-order valence-electron chi connectivity index (χ2n) is 3.49. The van der Waals surface area contributed by atoms with Crippen LogP contribution in [0.1, 0.15) is 25.7 Å². The van der Waals surface area contributed by atoms with Gasteiger partial charge >= 0.3 is 6.09 Å². The number of rotatable bonds is 1. The van der Waals surface area contributed by atoms with Crippen LogP contribution in [0.3, 0.4) is 0 Å². The second kappa shape index (κ2) is 4.39. The van der Waals surface area contributed by atoms with Crippen molar-refractivity contribution in [2.45, 2.75) is 31.7 Å². The van der Waals surface area contributed by atoms with Crippen LogP contribution < -0.4 is 0 Å². The van der Waals surface area contributed by atoms with E-state index in [2.05, 4.69) is 0 Å². The number of amides is 1. The highest BCUT2D eigenvalue weighted by molar-refractivity contribution is 5.65. The minimum Gasteiger partial charge on any atom is -0.465 e. The first-order valence-corrected chi connectivity index (χ1v) is 4.51. The van der Waals surface area contributed by atoms with Crippen LogP contribution in [0.5, 0.6) is 0 Å². The predicted octanol–water partition coefficient (Wildman–Crippen LogP) is 2.69. The number of carbonyl (C=O) groups is 1. The smallest absolute Gasteiger partial charge is 0.407 e. The van der Waals surface area contributed by atoms with Crippen LogP contribution in [0.15, 0.2) is 11.7 Å². The van der Waals surface area contributed by atoms with E-state index in [0.717, 1.165) is 0 Å². The van der Waals surface area contributed by atoms with Crippen molar-refractivity contribution in [1.29, 1.82) is 0 Å². The maximum atomic E-state index is 12.2. The van der Waals surface area contributed by atoms with Gasteiger partial charge in [-0.3, -0.25) is 0 Å². The van der Waals surface area contributed by atoms with Gasteiger partial charge in [-0.05, 0) is 31.3 Å². The molecular weight excluding hydrogens is 192 g/mol. The Morgan fingerprint density at radius 1 is 1.43 bits per heavy atom. The first-order chi connectivity index (χ1) is 6.52. The minimum absolute atomic E-state index is 0.115. The molecular formula is C9H13F2NO2. The summed E-state index contributed by atoms with van der Waals surface area (Å²) in [6.45, 7) is 0. The average Bonchev–Trinajstić information content (AvgIpc) is 2.16. The summed E-state index contributed by atoms with van der Waals surface area (Å²) in [5.74, 6) is 0. The lowest BCUT2D eigenvalue weighted by atomic mass is 9.91. The molecule has 1 saturated carbocycles. The van der Waals surface area contributed by atoms with Crippen LogP contribution in [0.4, 0.5) is 13.6 Å². The van der Waals surface area contributed by atoms with Gasteiger partial charge in [-0.2, -0.15) is 8.78 Å². The number of halogens is 2. The van der Waals surface area contributed by atoms with Crippen molar-refractivity contribution in [3.63, 3.8) is 0 Å². The third kappa shape index (κ3) is 2.43. The van der Waals surface area contributed by atoms with Crippen molar-refractivity contribution in [2.75, 3.05) is 7.05 Å². The van der Waals surface area contributed by atoms with E-state index in [4.69, 9.17) is 5.11 Å². The van der Waals surface area contributed by atoms with Crippen LogP contribution in [-0.2, 0) is 0 Å². The highest BCUT2D eigenvalue weighted by atomic mass is 19.3. The SMILES string of the molecule is CN(C(=O)O)C1CCC(=C(F)F)CC1. The highest BCUT2D eigenvalue weighted by Gasteiger charge is 2.24. The first-order valence-electron chi connectivity index (χ1n) is 4.51. The fourth-order valence-electron chi connectivity index (χ4n) is 1.68. The van der Waals surface area contributed by atoms with Gasteiger partial charge in [0, 0.05) is 13.1 Å². The van der Waals surface area contributed by atoms with Crippen molar-refractivity contribution in [2.24, 2.45) is 0 Å². The Morgan fingerprint density at radius 3 is 2.29 bits per heavy atom. The van der Waals surface area contributed by atoms with E-state index in [0.29, 0.717) is 25.7 Å². The van der Waals surface area contributed by atoms with E-state index in [9.17, 15) is 13.6 Å². The Labute approximate surface area is 81.0 Å². The summed E-state index contributed by atoms with van der Waals surface area (Å²) in [4.78, 5) is 11.8. The summed E-state index contributed by atoms with van der Waals surface area (Å²) in [6, 6.07) is -0.115. The van der Waals surface area contributed by atoms with Crippen LogP contribution in [-0.4, -0.2) is 29.2 Å². The molecule has 0 spiro atoms. The van der Waals surface area contributed by atoms with Gasteiger partial charge < -0.3 is 10.0 Å². The van der Waals surface area contributed by atoms with Crippen molar-refractivity contribution < 1.29 is 18.7 Å². The van der Waals surface area contributed by atoms with Crippen molar-refractivity contribution >= 4 is 6.09 Å². The third-order valence-electron chi connectivity index (χ3n) is 2.68. The number of carboxylic acid groups (broad SMARTS) is 1. The topological polar surface area (TPSA) is 40.5 Å². The molecule has 0 bridgehead atoms. The Balaban J connectivity index is 2.51. The Morgan fingerprint density at radius 2 is 1.93 bits per heavy atom. The third-order valence-corrected chi connectivity index (χ3v) is 2.68. The summed E-state index contributed by atoms with van der Waals surface area (Å²) in [5.41, 5.74) is 0.181. The normalized spacial score (nSPS) is 21.9. The maximum absolute atomic E-state index is 12.2. The standard InChI is InChI=1S/C9H13F2NO2/c1-12(9(13)14)7-4-2-6(3-5-7)8(10)11/h7H,2-5H2,1H3,(H,13,14). The first kappa shape index (κ1) is 10.9. The van der Waals surface area contributed by atoms with E-state index in [1.54, 1.807) is 0 Å². The lowest BCUT2D eigenvalue weighted by Crippen LogP contribution is -2.37. The quantitative estimate of drug-likeness (QED) is 0.714. The average molecular weight is 205 g/mol. The van der Waals surface area contributed by atoms with E-state index >= 15 is 0 Å². The van der Waals surface area contributed by atoms with Crippen molar-refractivity contribution in [3.05, 3.63) is 11.7 Å². The van der Waals surface area contributed by atoms with Crippen LogP contribution in [0, 0.1) is 0 Å². The minimum atomic E-state index is -1.60. The monoisotopic (exact) mass is 205 g/mol. The van der Waals surface area contributed by atoms with E-state index < -0.39 is 12.2 Å². The lowest BCUT2D eigenvalue weighted by molar-refractivity contribution is 0.130. The van der Waals surface area contributed by atoms with E-state index in [-0.39, 0.29) is 11.6 Å². The number of hydrogen-bond donors (Lipinski definition) is 1. The van der Waals surface area contributed by atoms with Gasteiger partial charge in [-0.25, -0.2) is 4.79 Å². The molecule has 0 aromatic carbocycles. The zero-order chi connectivity index (χ0) is 10.7. The number of nitrogens with zero attached hydrogens (tertiary/aromatic N) is 1. The van der Waals surface area contributed by atoms with Crippen LogP contribution in [0.2, 0.25) is 0 Å². The Bertz CT molecular complexity index is 252. The molecule has 0 aromatic heterocycles. The van der Waals surface area contributed by atoms with Crippen molar-refractivity contribution in [3.8, 4) is 0 Å². The molecule has 1 N–H and O–H groups in total. The number of allylic oxidation sites excluding steroid dienone is 1. The lowest BCUT2D eigenvalue weighted by Gasteiger charge is -2.29. The molecule has 1 aliphatic rings. The summed E-state index contributed by atoms with van der Waals surface area (Å²) < 4.78 is 24.3. The Hall–Kier alpha value is -1.13. The Kier molecular flexibility index (Phi) is 3.43. The van der Waals surface area contributed by atoms with Crippen LogP contribution >= 0.6 is 0 Å².